The van der Waals surface area contributed by atoms with Gasteiger partial charge in [-0.1, -0.05) is 31.2 Å². The summed E-state index contributed by atoms with van der Waals surface area (Å²) in [5.74, 6) is -0.319. The molecule has 2 heterocycles. The Labute approximate surface area is 141 Å². The third-order valence-electron chi connectivity index (χ3n) is 4.41. The number of amides is 3. The van der Waals surface area contributed by atoms with E-state index in [2.05, 4.69) is 36.4 Å². The van der Waals surface area contributed by atoms with E-state index in [-0.39, 0.29) is 12.5 Å². The fraction of sp³-hybridized carbons (Fsp3) is 0.263. The Bertz CT molecular complexity index is 847. The van der Waals surface area contributed by atoms with E-state index in [1.165, 1.54) is 6.08 Å². The fourth-order valence-corrected chi connectivity index (χ4v) is 2.93. The van der Waals surface area contributed by atoms with Gasteiger partial charge in [0.1, 0.15) is 5.70 Å². The Morgan fingerprint density at radius 1 is 1.29 bits per heavy atom. The molecule has 124 valence electrons. The second kappa shape index (κ2) is 6.35. The van der Waals surface area contributed by atoms with Crippen LogP contribution >= 0.6 is 0 Å². The highest BCUT2D eigenvalue weighted by Crippen LogP contribution is 2.28. The van der Waals surface area contributed by atoms with E-state index in [0.717, 1.165) is 27.8 Å². The number of urea groups is 1. The predicted molar refractivity (Wildman–Crippen MR) is 95.4 cm³/mol. The minimum atomic E-state index is -0.406. The van der Waals surface area contributed by atoms with Crippen molar-refractivity contribution >= 4 is 28.9 Å². The number of nitrogens with one attached hydrogen (secondary N) is 1. The van der Waals surface area contributed by atoms with E-state index < -0.39 is 6.03 Å². The lowest BCUT2D eigenvalue weighted by molar-refractivity contribution is -0.122. The highest BCUT2D eigenvalue weighted by atomic mass is 16.2. The van der Waals surface area contributed by atoms with E-state index in [9.17, 15) is 9.59 Å². The van der Waals surface area contributed by atoms with Gasteiger partial charge >= 0.3 is 6.03 Å². The monoisotopic (exact) mass is 323 g/mol. The SMILES string of the molecule is C=CCN1C(=O)N/C(=C/c2cn([C@@H](C)CC)c3ccccc23)C1=O. The van der Waals surface area contributed by atoms with E-state index in [1.807, 2.05) is 24.4 Å². The van der Waals surface area contributed by atoms with Crippen LogP contribution in [-0.2, 0) is 4.79 Å². The average Bonchev–Trinajstić information content (AvgIpc) is 3.08. The second-order valence-electron chi connectivity index (χ2n) is 5.96. The first-order valence-electron chi connectivity index (χ1n) is 8.11. The second-order valence-corrected chi connectivity index (χ2v) is 5.96. The van der Waals surface area contributed by atoms with Crippen molar-refractivity contribution in [3.63, 3.8) is 0 Å². The summed E-state index contributed by atoms with van der Waals surface area (Å²) in [6.07, 6.45) is 6.35. The summed E-state index contributed by atoms with van der Waals surface area (Å²) >= 11 is 0. The molecule has 1 aromatic heterocycles. The van der Waals surface area contributed by atoms with Crippen LogP contribution in [0.2, 0.25) is 0 Å². The third kappa shape index (κ3) is 2.62. The van der Waals surface area contributed by atoms with Gasteiger partial charge in [0.2, 0.25) is 0 Å². The van der Waals surface area contributed by atoms with Gasteiger partial charge in [-0.05, 0) is 25.5 Å². The molecule has 3 rings (SSSR count). The molecular weight excluding hydrogens is 302 g/mol. The van der Waals surface area contributed by atoms with Crippen molar-refractivity contribution < 1.29 is 9.59 Å². The van der Waals surface area contributed by atoms with Crippen LogP contribution in [0.3, 0.4) is 0 Å². The number of carbonyl (C=O) groups excluding carboxylic acids is 2. The van der Waals surface area contributed by atoms with Gasteiger partial charge in [0.25, 0.3) is 5.91 Å². The van der Waals surface area contributed by atoms with E-state index in [1.54, 1.807) is 6.08 Å². The first-order valence-corrected chi connectivity index (χ1v) is 8.11. The molecule has 0 aliphatic carbocycles. The number of imide groups is 1. The minimum Gasteiger partial charge on any atom is -0.344 e. The van der Waals surface area contributed by atoms with Gasteiger partial charge in [-0.2, -0.15) is 0 Å². The number of benzene rings is 1. The van der Waals surface area contributed by atoms with E-state index in [0.29, 0.717) is 11.7 Å². The zero-order valence-corrected chi connectivity index (χ0v) is 14.0. The Morgan fingerprint density at radius 3 is 2.75 bits per heavy atom. The Balaban J connectivity index is 2.06. The molecule has 1 saturated heterocycles. The number of nitrogens with zero attached hydrogens (tertiary/aromatic N) is 2. The molecule has 1 aromatic carbocycles. The highest BCUT2D eigenvalue weighted by molar-refractivity contribution is 6.14. The van der Waals surface area contributed by atoms with Crippen molar-refractivity contribution in [2.75, 3.05) is 6.54 Å². The van der Waals surface area contributed by atoms with Crippen molar-refractivity contribution in [3.8, 4) is 0 Å². The first kappa shape index (κ1) is 16.1. The molecule has 5 nitrogen and oxygen atoms in total. The molecular formula is C19H21N3O2. The van der Waals surface area contributed by atoms with Crippen LogP contribution in [0.4, 0.5) is 4.79 Å². The van der Waals surface area contributed by atoms with Crippen LogP contribution in [0, 0.1) is 0 Å². The smallest absolute Gasteiger partial charge is 0.329 e. The zero-order chi connectivity index (χ0) is 17.3. The van der Waals surface area contributed by atoms with Crippen LogP contribution in [0.15, 0.2) is 48.8 Å². The summed E-state index contributed by atoms with van der Waals surface area (Å²) in [4.78, 5) is 25.4. The van der Waals surface area contributed by atoms with Gasteiger partial charge in [-0.3, -0.25) is 9.69 Å². The molecule has 1 aliphatic heterocycles. The molecule has 1 atom stereocenters. The number of hydrogen-bond acceptors (Lipinski definition) is 2. The molecule has 0 spiro atoms. The lowest BCUT2D eigenvalue weighted by atomic mass is 10.1. The molecule has 0 unspecified atom stereocenters. The number of hydrogen-bond donors (Lipinski definition) is 1. The number of carbonyl (C=O) groups is 2. The number of rotatable bonds is 5. The Morgan fingerprint density at radius 2 is 2.04 bits per heavy atom. The summed E-state index contributed by atoms with van der Waals surface area (Å²) in [6.45, 7) is 8.09. The molecule has 0 saturated carbocycles. The summed E-state index contributed by atoms with van der Waals surface area (Å²) in [7, 11) is 0. The summed E-state index contributed by atoms with van der Waals surface area (Å²) in [6, 6.07) is 8.04. The molecule has 1 aliphatic rings. The Hall–Kier alpha value is -2.82. The third-order valence-corrected chi connectivity index (χ3v) is 4.41. The van der Waals surface area contributed by atoms with Crippen molar-refractivity contribution in [1.82, 2.24) is 14.8 Å². The molecule has 3 amide bonds. The lowest BCUT2D eigenvalue weighted by Crippen LogP contribution is -2.30. The van der Waals surface area contributed by atoms with Gasteiger partial charge < -0.3 is 9.88 Å². The summed E-state index contributed by atoms with van der Waals surface area (Å²) in [5.41, 5.74) is 2.35. The molecule has 0 bridgehead atoms. The maximum absolute atomic E-state index is 12.4. The topological polar surface area (TPSA) is 54.3 Å². The maximum Gasteiger partial charge on any atom is 0.329 e. The van der Waals surface area contributed by atoms with Crippen LogP contribution in [-0.4, -0.2) is 28.0 Å². The molecule has 1 N–H and O–H groups in total. The van der Waals surface area contributed by atoms with E-state index in [4.69, 9.17) is 0 Å². The van der Waals surface area contributed by atoms with Crippen LogP contribution in [0.5, 0.6) is 0 Å². The maximum atomic E-state index is 12.4. The van der Waals surface area contributed by atoms with Crippen molar-refractivity contribution in [1.29, 1.82) is 0 Å². The molecule has 5 heteroatoms. The highest BCUT2D eigenvalue weighted by Gasteiger charge is 2.32. The van der Waals surface area contributed by atoms with Crippen molar-refractivity contribution in [2.45, 2.75) is 26.3 Å². The fourth-order valence-electron chi connectivity index (χ4n) is 2.93. The van der Waals surface area contributed by atoms with Gasteiger partial charge in [0.15, 0.2) is 0 Å². The van der Waals surface area contributed by atoms with Crippen LogP contribution in [0.1, 0.15) is 31.9 Å². The number of aromatic nitrogens is 1. The summed E-state index contributed by atoms with van der Waals surface area (Å²) in [5, 5.41) is 3.71. The quantitative estimate of drug-likeness (QED) is 0.518. The Kier molecular flexibility index (Phi) is 4.25. The summed E-state index contributed by atoms with van der Waals surface area (Å²) < 4.78 is 2.21. The first-order chi connectivity index (χ1) is 11.6. The van der Waals surface area contributed by atoms with Crippen molar-refractivity contribution in [2.24, 2.45) is 0 Å². The van der Waals surface area contributed by atoms with Gasteiger partial charge in [0, 0.05) is 35.2 Å². The molecule has 2 aromatic rings. The molecule has 24 heavy (non-hydrogen) atoms. The molecule has 1 fully saturated rings. The van der Waals surface area contributed by atoms with Gasteiger partial charge in [-0.25, -0.2) is 4.79 Å². The van der Waals surface area contributed by atoms with Crippen LogP contribution < -0.4 is 5.32 Å². The number of para-hydroxylation sites is 1. The van der Waals surface area contributed by atoms with Crippen LogP contribution in [0.25, 0.3) is 17.0 Å². The average molecular weight is 323 g/mol. The van der Waals surface area contributed by atoms with E-state index >= 15 is 0 Å². The predicted octanol–water partition coefficient (Wildman–Crippen LogP) is 3.69. The normalized spacial score (nSPS) is 17.6. The largest absolute Gasteiger partial charge is 0.344 e. The number of fused-ring (bicyclic) bond motifs is 1. The van der Waals surface area contributed by atoms with Crippen molar-refractivity contribution in [3.05, 3.63) is 54.4 Å². The lowest BCUT2D eigenvalue weighted by Gasteiger charge is -2.12. The molecule has 0 radical (unpaired) electrons. The van der Waals surface area contributed by atoms with Gasteiger partial charge in [-0.15, -0.1) is 6.58 Å². The standard InChI is InChI=1S/C19H21N3O2/c1-4-10-21-18(23)16(20-19(21)24)11-14-12-22(13(3)5-2)17-9-7-6-8-15(14)17/h4,6-9,11-13H,1,5,10H2,2-3H3,(H,20,24)/b16-11+/t13-/m0/s1. The minimum absolute atomic E-state index is 0.205. The zero-order valence-electron chi connectivity index (χ0n) is 14.0. The van der Waals surface area contributed by atoms with Gasteiger partial charge in [0.05, 0.1) is 0 Å².